The van der Waals surface area contributed by atoms with E-state index in [1.165, 1.54) is 17.0 Å². The molecule has 1 atom stereocenters. The smallest absolute Gasteiger partial charge is 0.322 e. The van der Waals surface area contributed by atoms with Crippen LogP contribution < -0.4 is 5.32 Å². The number of nitrogens with zero attached hydrogens (tertiary/aromatic N) is 2. The normalized spacial score (nSPS) is 23.8. The highest BCUT2D eigenvalue weighted by atomic mass is 32.2. The van der Waals surface area contributed by atoms with Crippen molar-refractivity contribution in [1.82, 2.24) is 9.80 Å². The Bertz CT molecular complexity index is 774. The number of alkyl halides is 3. The molecule has 0 aliphatic carbocycles. The first-order valence-corrected chi connectivity index (χ1v) is 10.1. The van der Waals surface area contributed by atoms with Crippen LogP contribution in [0.4, 0.5) is 23.7 Å². The Morgan fingerprint density at radius 1 is 1.15 bits per heavy atom. The molecule has 0 bridgehead atoms. The lowest BCUT2D eigenvalue weighted by Gasteiger charge is -2.37. The molecule has 2 saturated heterocycles. The standard InChI is InChI=1S/C16H20F3N3O3S/c17-16(18,19)12-2-1-3-13(10-12)20-15(23)22-7-5-21(6-8-22)14-4-9-26(24,25)11-14/h1-3,10,14H,4-9,11H2,(H,20,23). The van der Waals surface area contributed by atoms with Crippen LogP contribution >= 0.6 is 0 Å². The highest BCUT2D eigenvalue weighted by molar-refractivity contribution is 7.91. The molecule has 1 aromatic rings. The zero-order chi connectivity index (χ0) is 18.9. The molecule has 2 aliphatic rings. The number of amides is 2. The second kappa shape index (κ2) is 7.07. The quantitative estimate of drug-likeness (QED) is 0.838. The number of rotatable bonds is 2. The number of carbonyl (C=O) groups excluding carboxylic acids is 1. The summed E-state index contributed by atoms with van der Waals surface area (Å²) in [6, 6.07) is 4.04. The number of anilines is 1. The first kappa shape index (κ1) is 19.0. The van der Waals surface area contributed by atoms with Crippen molar-refractivity contribution in [3.63, 3.8) is 0 Å². The van der Waals surface area contributed by atoms with Crippen LogP contribution in [-0.2, 0) is 16.0 Å². The summed E-state index contributed by atoms with van der Waals surface area (Å²) in [6.45, 7) is 1.91. The zero-order valence-corrected chi connectivity index (χ0v) is 14.8. The van der Waals surface area contributed by atoms with E-state index in [2.05, 4.69) is 10.2 Å². The van der Waals surface area contributed by atoms with E-state index in [1.54, 1.807) is 0 Å². The van der Waals surface area contributed by atoms with E-state index < -0.39 is 27.6 Å². The molecule has 2 aliphatic heterocycles. The summed E-state index contributed by atoms with van der Waals surface area (Å²) in [5.74, 6) is 0.358. The van der Waals surface area contributed by atoms with Crippen LogP contribution in [0.1, 0.15) is 12.0 Å². The second-order valence-electron chi connectivity index (χ2n) is 6.59. The van der Waals surface area contributed by atoms with E-state index in [9.17, 15) is 26.4 Å². The molecule has 144 valence electrons. The third-order valence-corrected chi connectivity index (χ3v) is 6.52. The van der Waals surface area contributed by atoms with Crippen LogP contribution in [0.15, 0.2) is 24.3 Å². The molecule has 0 spiro atoms. The van der Waals surface area contributed by atoms with Gasteiger partial charge in [-0.2, -0.15) is 13.2 Å². The van der Waals surface area contributed by atoms with Gasteiger partial charge in [0, 0.05) is 37.9 Å². The van der Waals surface area contributed by atoms with Crippen molar-refractivity contribution in [2.45, 2.75) is 18.6 Å². The van der Waals surface area contributed by atoms with E-state index in [0.29, 0.717) is 32.6 Å². The minimum atomic E-state index is -4.46. The van der Waals surface area contributed by atoms with Crippen molar-refractivity contribution in [2.75, 3.05) is 43.0 Å². The maximum absolute atomic E-state index is 12.7. The van der Waals surface area contributed by atoms with Crippen LogP contribution in [0.2, 0.25) is 0 Å². The van der Waals surface area contributed by atoms with Crippen molar-refractivity contribution in [3.05, 3.63) is 29.8 Å². The molecule has 1 N–H and O–H groups in total. The largest absolute Gasteiger partial charge is 0.416 e. The maximum Gasteiger partial charge on any atom is 0.416 e. The van der Waals surface area contributed by atoms with Crippen LogP contribution in [-0.4, -0.2) is 68.0 Å². The average Bonchev–Trinajstić information content (AvgIpc) is 2.94. The van der Waals surface area contributed by atoms with Crippen LogP contribution in [0.3, 0.4) is 0 Å². The van der Waals surface area contributed by atoms with E-state index in [1.807, 2.05) is 0 Å². The minimum Gasteiger partial charge on any atom is -0.322 e. The summed E-state index contributed by atoms with van der Waals surface area (Å²) >= 11 is 0. The number of sulfone groups is 1. The Hall–Kier alpha value is -1.81. The fourth-order valence-electron chi connectivity index (χ4n) is 3.33. The summed E-state index contributed by atoms with van der Waals surface area (Å²) in [5, 5.41) is 2.49. The summed E-state index contributed by atoms with van der Waals surface area (Å²) in [5.41, 5.74) is -0.725. The van der Waals surface area contributed by atoms with Crippen LogP contribution in [0, 0.1) is 0 Å². The molecule has 6 nitrogen and oxygen atoms in total. The Labute approximate surface area is 149 Å². The molecule has 0 aromatic heterocycles. The van der Waals surface area contributed by atoms with Gasteiger partial charge in [0.2, 0.25) is 0 Å². The van der Waals surface area contributed by atoms with E-state index in [0.717, 1.165) is 12.1 Å². The number of halogens is 3. The summed E-state index contributed by atoms with van der Waals surface area (Å²) in [7, 11) is -2.96. The number of hydrogen-bond donors (Lipinski definition) is 1. The molecule has 0 radical (unpaired) electrons. The molecule has 1 unspecified atom stereocenters. The molecule has 1 aromatic carbocycles. The van der Waals surface area contributed by atoms with Gasteiger partial charge in [-0.15, -0.1) is 0 Å². The average molecular weight is 391 g/mol. The summed E-state index contributed by atoms with van der Waals surface area (Å²) in [4.78, 5) is 15.9. The molecule has 2 amide bonds. The SMILES string of the molecule is O=C(Nc1cccc(C(F)(F)F)c1)N1CCN(C2CCS(=O)(=O)C2)CC1. The molecule has 10 heteroatoms. The molecule has 2 heterocycles. The Morgan fingerprint density at radius 2 is 1.85 bits per heavy atom. The van der Waals surface area contributed by atoms with Gasteiger partial charge in [0.1, 0.15) is 0 Å². The Kier molecular flexibility index (Phi) is 5.16. The maximum atomic E-state index is 12.7. The van der Waals surface area contributed by atoms with Gasteiger partial charge >= 0.3 is 12.2 Å². The first-order valence-electron chi connectivity index (χ1n) is 8.32. The van der Waals surface area contributed by atoms with Gasteiger partial charge in [-0.1, -0.05) is 6.07 Å². The van der Waals surface area contributed by atoms with Crippen molar-refractivity contribution in [3.8, 4) is 0 Å². The number of benzene rings is 1. The third-order valence-electron chi connectivity index (χ3n) is 4.77. The van der Waals surface area contributed by atoms with E-state index in [4.69, 9.17) is 0 Å². The van der Waals surface area contributed by atoms with Crippen molar-refractivity contribution in [2.24, 2.45) is 0 Å². The van der Waals surface area contributed by atoms with Gasteiger partial charge in [-0.25, -0.2) is 13.2 Å². The van der Waals surface area contributed by atoms with Gasteiger partial charge in [0.25, 0.3) is 0 Å². The molecular formula is C16H20F3N3O3S. The fourth-order valence-corrected chi connectivity index (χ4v) is 5.09. The summed E-state index contributed by atoms with van der Waals surface area (Å²) < 4.78 is 61.4. The second-order valence-corrected chi connectivity index (χ2v) is 8.82. The highest BCUT2D eigenvalue weighted by Crippen LogP contribution is 2.30. The van der Waals surface area contributed by atoms with Crippen molar-refractivity contribution in [1.29, 1.82) is 0 Å². The highest BCUT2D eigenvalue weighted by Gasteiger charge is 2.34. The number of urea groups is 1. The predicted molar refractivity (Wildman–Crippen MR) is 90.7 cm³/mol. The van der Waals surface area contributed by atoms with Gasteiger partial charge in [0.05, 0.1) is 17.1 Å². The predicted octanol–water partition coefficient (Wildman–Crippen LogP) is 2.04. The zero-order valence-electron chi connectivity index (χ0n) is 14.0. The molecule has 2 fully saturated rings. The van der Waals surface area contributed by atoms with Gasteiger partial charge in [0.15, 0.2) is 9.84 Å². The van der Waals surface area contributed by atoms with Gasteiger partial charge < -0.3 is 10.2 Å². The molecular weight excluding hydrogens is 371 g/mol. The number of carbonyl (C=O) groups is 1. The molecule has 26 heavy (non-hydrogen) atoms. The first-order chi connectivity index (χ1) is 12.1. The van der Waals surface area contributed by atoms with Crippen molar-refractivity contribution < 1.29 is 26.4 Å². The lowest BCUT2D eigenvalue weighted by atomic mass is 10.2. The minimum absolute atomic E-state index is 0.00585. The molecule has 3 rings (SSSR count). The number of nitrogens with one attached hydrogen (secondary N) is 1. The Morgan fingerprint density at radius 3 is 2.42 bits per heavy atom. The number of piperazine rings is 1. The monoisotopic (exact) mass is 391 g/mol. The van der Waals surface area contributed by atoms with Gasteiger partial charge in [-0.3, -0.25) is 4.90 Å². The lowest BCUT2D eigenvalue weighted by molar-refractivity contribution is -0.137. The van der Waals surface area contributed by atoms with Gasteiger partial charge in [-0.05, 0) is 24.6 Å². The Balaban J connectivity index is 1.54. The molecule has 0 saturated carbocycles. The van der Waals surface area contributed by atoms with Crippen LogP contribution in [0.25, 0.3) is 0 Å². The van der Waals surface area contributed by atoms with E-state index >= 15 is 0 Å². The lowest BCUT2D eigenvalue weighted by Crippen LogP contribution is -2.53. The fraction of sp³-hybridized carbons (Fsp3) is 0.562. The van der Waals surface area contributed by atoms with Crippen molar-refractivity contribution >= 4 is 21.6 Å². The topological polar surface area (TPSA) is 69.7 Å². The van der Waals surface area contributed by atoms with E-state index in [-0.39, 0.29) is 23.2 Å². The van der Waals surface area contributed by atoms with Crippen LogP contribution in [0.5, 0.6) is 0 Å². The number of hydrogen-bond acceptors (Lipinski definition) is 4. The summed E-state index contributed by atoms with van der Waals surface area (Å²) in [6.07, 6.45) is -3.85. The third kappa shape index (κ3) is 4.47.